The molecule has 0 saturated carbocycles. The number of aliphatic imine (C=N–C) groups is 1. The molecule has 2 aromatic rings. The highest BCUT2D eigenvalue weighted by Crippen LogP contribution is 2.34. The van der Waals surface area contributed by atoms with Gasteiger partial charge in [0.25, 0.3) is 0 Å². The molecule has 9 heteroatoms. The third kappa shape index (κ3) is 6.99. The van der Waals surface area contributed by atoms with Gasteiger partial charge in [-0.05, 0) is 36.6 Å². The van der Waals surface area contributed by atoms with E-state index in [0.29, 0.717) is 31.3 Å². The molecule has 170 valence electrons. The minimum atomic E-state index is -2.88. The molecule has 1 heterocycles. The lowest BCUT2D eigenvalue weighted by molar-refractivity contribution is -0.0504. The summed E-state index contributed by atoms with van der Waals surface area (Å²) in [5.41, 5.74) is 1.44. The van der Waals surface area contributed by atoms with Crippen molar-refractivity contribution in [3.8, 4) is 5.75 Å². The summed E-state index contributed by atoms with van der Waals surface area (Å²) >= 11 is 0. The van der Waals surface area contributed by atoms with Crippen LogP contribution in [-0.4, -0.2) is 39.4 Å². The second-order valence-electron chi connectivity index (χ2n) is 7.17. The first-order valence-electron chi connectivity index (χ1n) is 9.83. The van der Waals surface area contributed by atoms with Crippen molar-refractivity contribution in [2.24, 2.45) is 4.99 Å². The Bertz CT molecular complexity index is 844. The standard InChI is InChI=1S/C22H26F3N3O2.HI/c1-26-21(27-14-16-4-2-3-5-19(16)30-20(24)25)28-15-22(10-12-29-13-11-22)17-6-8-18(23)9-7-17;/h2-9,20H,10-15H2,1H3,(H2,26,27,28);1H. The van der Waals surface area contributed by atoms with Crippen molar-refractivity contribution in [1.29, 1.82) is 0 Å². The van der Waals surface area contributed by atoms with E-state index in [2.05, 4.69) is 20.4 Å². The number of halogens is 4. The summed E-state index contributed by atoms with van der Waals surface area (Å²) < 4.78 is 48.7. The number of rotatable bonds is 7. The van der Waals surface area contributed by atoms with E-state index >= 15 is 0 Å². The molecule has 5 nitrogen and oxygen atoms in total. The number of alkyl halides is 2. The number of benzene rings is 2. The van der Waals surface area contributed by atoms with E-state index < -0.39 is 6.61 Å². The Hall–Kier alpha value is -2.01. The Morgan fingerprint density at radius 2 is 1.77 bits per heavy atom. The summed E-state index contributed by atoms with van der Waals surface area (Å²) in [5.74, 6) is 0.397. The maximum Gasteiger partial charge on any atom is 0.387 e. The first kappa shape index (κ1) is 25.3. The van der Waals surface area contributed by atoms with Crippen LogP contribution in [0.1, 0.15) is 24.0 Å². The third-order valence-corrected chi connectivity index (χ3v) is 5.36. The van der Waals surface area contributed by atoms with E-state index in [4.69, 9.17) is 4.74 Å². The Balaban J connectivity index is 0.00000341. The Morgan fingerprint density at radius 3 is 2.42 bits per heavy atom. The van der Waals surface area contributed by atoms with Gasteiger partial charge < -0.3 is 20.1 Å². The van der Waals surface area contributed by atoms with Gasteiger partial charge >= 0.3 is 6.61 Å². The highest BCUT2D eigenvalue weighted by molar-refractivity contribution is 14.0. The average molecular weight is 549 g/mol. The molecule has 0 aliphatic carbocycles. The zero-order valence-corrected chi connectivity index (χ0v) is 19.6. The van der Waals surface area contributed by atoms with Crippen LogP contribution in [0.3, 0.4) is 0 Å². The maximum atomic E-state index is 13.4. The maximum absolute atomic E-state index is 13.4. The Labute approximate surface area is 197 Å². The highest BCUT2D eigenvalue weighted by Gasteiger charge is 2.34. The summed E-state index contributed by atoms with van der Waals surface area (Å²) in [5, 5.41) is 6.46. The summed E-state index contributed by atoms with van der Waals surface area (Å²) in [6.07, 6.45) is 1.60. The SMILES string of the molecule is CN=C(NCc1ccccc1OC(F)F)NCC1(c2ccc(F)cc2)CCOCC1.I. The van der Waals surface area contributed by atoms with E-state index in [1.807, 2.05) is 12.1 Å². The first-order valence-corrected chi connectivity index (χ1v) is 9.83. The molecule has 0 radical (unpaired) electrons. The second-order valence-corrected chi connectivity index (χ2v) is 7.17. The lowest BCUT2D eigenvalue weighted by Crippen LogP contribution is -2.47. The predicted molar refractivity (Wildman–Crippen MR) is 125 cm³/mol. The molecule has 1 saturated heterocycles. The van der Waals surface area contributed by atoms with Gasteiger partial charge in [-0.15, -0.1) is 24.0 Å². The Morgan fingerprint density at radius 1 is 1.10 bits per heavy atom. The first-order chi connectivity index (χ1) is 14.5. The lowest BCUT2D eigenvalue weighted by Gasteiger charge is -2.38. The number of hydrogen-bond donors (Lipinski definition) is 2. The van der Waals surface area contributed by atoms with E-state index in [9.17, 15) is 13.2 Å². The number of guanidine groups is 1. The van der Waals surface area contributed by atoms with Crippen LogP contribution in [0.25, 0.3) is 0 Å². The monoisotopic (exact) mass is 549 g/mol. The molecular formula is C22H27F3IN3O2. The molecule has 1 aliphatic heterocycles. The van der Waals surface area contributed by atoms with Crippen LogP contribution in [0, 0.1) is 5.82 Å². The van der Waals surface area contributed by atoms with Crippen molar-refractivity contribution >= 4 is 29.9 Å². The van der Waals surface area contributed by atoms with Gasteiger partial charge in [0.05, 0.1) is 0 Å². The fourth-order valence-corrected chi connectivity index (χ4v) is 3.65. The molecule has 0 amide bonds. The minimum Gasteiger partial charge on any atom is -0.434 e. The van der Waals surface area contributed by atoms with E-state index in [1.165, 1.54) is 18.2 Å². The molecule has 2 aromatic carbocycles. The zero-order chi connectivity index (χ0) is 21.4. The van der Waals surface area contributed by atoms with Gasteiger partial charge in [-0.3, -0.25) is 4.99 Å². The molecular weight excluding hydrogens is 522 g/mol. The lowest BCUT2D eigenvalue weighted by atomic mass is 9.74. The topological polar surface area (TPSA) is 54.9 Å². The van der Waals surface area contributed by atoms with Crippen molar-refractivity contribution in [3.05, 3.63) is 65.5 Å². The largest absolute Gasteiger partial charge is 0.434 e. The normalized spacial score (nSPS) is 15.8. The van der Waals surface area contributed by atoms with E-state index in [-0.39, 0.29) is 47.5 Å². The van der Waals surface area contributed by atoms with Gasteiger partial charge in [-0.2, -0.15) is 8.78 Å². The third-order valence-electron chi connectivity index (χ3n) is 5.36. The molecule has 0 bridgehead atoms. The smallest absolute Gasteiger partial charge is 0.387 e. The van der Waals surface area contributed by atoms with Crippen molar-refractivity contribution in [3.63, 3.8) is 0 Å². The van der Waals surface area contributed by atoms with Crippen molar-refractivity contribution in [2.75, 3.05) is 26.8 Å². The Kier molecular flexibility index (Phi) is 9.89. The summed E-state index contributed by atoms with van der Waals surface area (Å²) in [4.78, 5) is 4.23. The summed E-state index contributed by atoms with van der Waals surface area (Å²) in [7, 11) is 1.64. The highest BCUT2D eigenvalue weighted by atomic mass is 127. The quantitative estimate of drug-likeness (QED) is 0.305. The second kappa shape index (κ2) is 12.1. The summed E-state index contributed by atoms with van der Waals surface area (Å²) in [6.45, 7) is -0.772. The number of nitrogens with zero attached hydrogens (tertiary/aromatic N) is 1. The van der Waals surface area contributed by atoms with Gasteiger partial charge in [0.1, 0.15) is 11.6 Å². The van der Waals surface area contributed by atoms with Crippen molar-refractivity contribution < 1.29 is 22.6 Å². The van der Waals surface area contributed by atoms with Crippen molar-refractivity contribution in [2.45, 2.75) is 31.4 Å². The van der Waals surface area contributed by atoms with E-state index in [0.717, 1.165) is 18.4 Å². The van der Waals surface area contributed by atoms with Crippen LogP contribution in [-0.2, 0) is 16.7 Å². The molecule has 1 aliphatic rings. The molecule has 0 atom stereocenters. The van der Waals surface area contributed by atoms with Gasteiger partial charge in [0.2, 0.25) is 0 Å². The van der Waals surface area contributed by atoms with Crippen LogP contribution in [0.5, 0.6) is 5.75 Å². The van der Waals surface area contributed by atoms with Crippen LogP contribution in [0.4, 0.5) is 13.2 Å². The fraction of sp³-hybridized carbons (Fsp3) is 0.409. The van der Waals surface area contributed by atoms with Crippen LogP contribution < -0.4 is 15.4 Å². The van der Waals surface area contributed by atoms with Crippen LogP contribution in [0.15, 0.2) is 53.5 Å². The molecule has 0 unspecified atom stereocenters. The van der Waals surface area contributed by atoms with Crippen LogP contribution >= 0.6 is 24.0 Å². The van der Waals surface area contributed by atoms with Crippen molar-refractivity contribution in [1.82, 2.24) is 10.6 Å². The molecule has 1 fully saturated rings. The molecule has 0 spiro atoms. The molecule has 2 N–H and O–H groups in total. The zero-order valence-electron chi connectivity index (χ0n) is 17.2. The average Bonchev–Trinajstić information content (AvgIpc) is 2.75. The van der Waals surface area contributed by atoms with Gasteiger partial charge in [0, 0.05) is 44.3 Å². The predicted octanol–water partition coefficient (Wildman–Crippen LogP) is 4.46. The fourth-order valence-electron chi connectivity index (χ4n) is 3.65. The van der Waals surface area contributed by atoms with E-state index in [1.54, 1.807) is 25.2 Å². The molecule has 0 aromatic heterocycles. The minimum absolute atomic E-state index is 0. The van der Waals surface area contributed by atoms with Gasteiger partial charge in [-0.1, -0.05) is 30.3 Å². The summed E-state index contributed by atoms with van der Waals surface area (Å²) in [6, 6.07) is 13.2. The molecule has 31 heavy (non-hydrogen) atoms. The number of para-hydroxylation sites is 1. The number of hydrogen-bond acceptors (Lipinski definition) is 3. The van der Waals surface area contributed by atoms with Crippen LogP contribution in [0.2, 0.25) is 0 Å². The number of nitrogens with one attached hydrogen (secondary N) is 2. The number of ether oxygens (including phenoxy) is 2. The van der Waals surface area contributed by atoms with Gasteiger partial charge in [0.15, 0.2) is 5.96 Å². The molecule has 3 rings (SSSR count). The van der Waals surface area contributed by atoms with Gasteiger partial charge in [-0.25, -0.2) is 4.39 Å².